The van der Waals surface area contributed by atoms with Crippen LogP contribution < -0.4 is 9.47 Å². The van der Waals surface area contributed by atoms with Crippen LogP contribution in [0.25, 0.3) is 78.2 Å². The van der Waals surface area contributed by atoms with Crippen molar-refractivity contribution >= 4 is 0 Å². The van der Waals surface area contributed by atoms with E-state index in [0.717, 1.165) is 80.8 Å². The van der Waals surface area contributed by atoms with Crippen LogP contribution in [0.5, 0.6) is 11.5 Å². The van der Waals surface area contributed by atoms with Crippen LogP contribution in [-0.2, 0) is 9.47 Å². The second kappa shape index (κ2) is 22.9. The molecule has 8 aromatic rings. The van der Waals surface area contributed by atoms with E-state index in [-0.39, 0.29) is 11.6 Å². The molecule has 0 amide bonds. The maximum absolute atomic E-state index is 13.4. The van der Waals surface area contributed by atoms with Crippen molar-refractivity contribution in [1.29, 1.82) is 0 Å². The van der Waals surface area contributed by atoms with Gasteiger partial charge in [0.15, 0.2) is 0 Å². The molecule has 4 aromatic heterocycles. The van der Waals surface area contributed by atoms with E-state index in [4.69, 9.17) is 34.4 Å². The number of pyridine rings is 2. The van der Waals surface area contributed by atoms with Crippen LogP contribution >= 0.6 is 0 Å². The highest BCUT2D eigenvalue weighted by Gasteiger charge is 2.17. The molecule has 64 heavy (non-hydrogen) atoms. The van der Waals surface area contributed by atoms with Crippen LogP contribution in [0.15, 0.2) is 151 Å². The predicted molar refractivity (Wildman–Crippen MR) is 242 cm³/mol. The number of aromatic amines is 2. The molecule has 0 atom stereocenters. The molecule has 0 saturated carbocycles. The van der Waals surface area contributed by atoms with Crippen LogP contribution in [-0.4, -0.2) is 76.1 Å². The summed E-state index contributed by atoms with van der Waals surface area (Å²) in [7, 11) is 0. The second-order valence-corrected chi connectivity index (χ2v) is 14.0. The molecule has 2 N–H and O–H groups in total. The van der Waals surface area contributed by atoms with Gasteiger partial charge in [-0.1, -0.05) is 12.0 Å². The normalized spacial score (nSPS) is 10.7. The minimum absolute atomic E-state index is 0.277. The average Bonchev–Trinajstić information content (AvgIpc) is 4.00. The van der Waals surface area contributed by atoms with Crippen LogP contribution in [0, 0.1) is 11.6 Å². The summed E-state index contributed by atoms with van der Waals surface area (Å²) in [5.74, 6) is 2.33. The third kappa shape index (κ3) is 12.2. The molecule has 4 aromatic carbocycles. The van der Waals surface area contributed by atoms with Crippen LogP contribution in [0.4, 0.5) is 8.78 Å². The quantitative estimate of drug-likeness (QED) is 0.0350. The van der Waals surface area contributed by atoms with Crippen LogP contribution in [0.2, 0.25) is 0 Å². The molecule has 8 rings (SSSR count). The average molecular weight is 862 g/mol. The van der Waals surface area contributed by atoms with Crippen molar-refractivity contribution < 1.29 is 27.7 Å². The number of hydrogen-bond acceptors (Lipinski definition) is 9. The van der Waals surface area contributed by atoms with Gasteiger partial charge >= 0.3 is 0 Å². The van der Waals surface area contributed by atoms with Gasteiger partial charge in [-0.3, -0.25) is 9.97 Å². The minimum Gasteiger partial charge on any atom is -0.491 e. The number of hydrogen-bond donors (Lipinski definition) is 2. The van der Waals surface area contributed by atoms with Gasteiger partial charge in [-0.05, 0) is 133 Å². The molecule has 0 unspecified atom stereocenters. The fourth-order valence-corrected chi connectivity index (χ4v) is 6.46. The molecule has 0 aliphatic carbocycles. The largest absolute Gasteiger partial charge is 0.491 e. The number of ether oxygens (including phenoxy) is 4. The Labute approximate surface area is 368 Å². The highest BCUT2D eigenvalue weighted by atomic mass is 19.1. The lowest BCUT2D eigenvalue weighted by molar-refractivity contribution is 0.101. The summed E-state index contributed by atoms with van der Waals surface area (Å²) in [5, 5.41) is 3.40. The zero-order valence-corrected chi connectivity index (χ0v) is 35.0. The number of aromatic nitrogens is 6. The fourth-order valence-electron chi connectivity index (χ4n) is 6.46. The number of H-pyrrole nitrogens is 2. The first-order valence-corrected chi connectivity index (χ1v) is 20.6. The van der Waals surface area contributed by atoms with E-state index in [1.165, 1.54) is 24.3 Å². The van der Waals surface area contributed by atoms with Gasteiger partial charge in [-0.2, -0.15) is 0 Å². The van der Waals surface area contributed by atoms with Gasteiger partial charge in [-0.15, -0.1) is 0 Å². The summed E-state index contributed by atoms with van der Waals surface area (Å²) >= 11 is 0. The van der Waals surface area contributed by atoms with Crippen LogP contribution in [0.3, 0.4) is 0 Å². The Bertz CT molecular complexity index is 2690. The smallest absolute Gasteiger partial charge is 0.138 e. The standard InChI is InChI=1S/C25H24FN3O2.C24H21FN6O2/c1-2-15-30-16-17-31-22-9-5-20(6-10-22)25-28-23(18-3-7-21(26)8-4-18)24(29-25)19-11-13-27-14-12-19;25-20-5-1-17(2-6-20)22-23(18-9-11-27-12-10-18)30-24(29-22)19-3-7-21(8-4-19)33-16-15-32-14-13-28-31-26/h3-14H,2,15-17H2,1H3,(H,28,29);1-12H,13-16H2,(H,29,30). The van der Waals surface area contributed by atoms with Gasteiger partial charge in [0, 0.05) is 76.2 Å². The van der Waals surface area contributed by atoms with Crippen LogP contribution in [0.1, 0.15) is 13.3 Å². The molecule has 13 nitrogen and oxygen atoms in total. The molecule has 0 radical (unpaired) electrons. The molecule has 0 saturated heterocycles. The van der Waals surface area contributed by atoms with Crippen molar-refractivity contribution in [3.8, 4) is 79.3 Å². The van der Waals surface area contributed by atoms with E-state index in [9.17, 15) is 8.78 Å². The number of benzene rings is 4. The van der Waals surface area contributed by atoms with Crippen molar-refractivity contribution in [2.45, 2.75) is 13.3 Å². The Morgan fingerprint density at radius 3 is 1.31 bits per heavy atom. The molecular weight excluding hydrogens is 817 g/mol. The predicted octanol–water partition coefficient (Wildman–Crippen LogP) is 11.4. The number of nitrogens with zero attached hydrogens (tertiary/aromatic N) is 7. The molecule has 15 heteroatoms. The summed E-state index contributed by atoms with van der Waals surface area (Å²) in [5.41, 5.74) is 16.8. The molecule has 0 spiro atoms. The number of imidazole rings is 2. The lowest BCUT2D eigenvalue weighted by Crippen LogP contribution is -2.08. The maximum Gasteiger partial charge on any atom is 0.138 e. The number of halogens is 2. The summed E-state index contributed by atoms with van der Waals surface area (Å²) in [6, 6.07) is 35.6. The highest BCUT2D eigenvalue weighted by molar-refractivity contribution is 5.82. The SMILES string of the molecule is CCCOCCOc1ccc(-c2nc(-c3ccc(F)cc3)c(-c3ccncc3)[nH]2)cc1.[N-]=[N+]=NCCOCCOc1ccc(-c2nc(-c3ccc(F)cc3)c(-c3ccncc3)[nH]2)cc1. The third-order valence-corrected chi connectivity index (χ3v) is 9.58. The molecular formula is C49H45F2N9O4. The summed E-state index contributed by atoms with van der Waals surface area (Å²) in [6.45, 7) is 5.36. The van der Waals surface area contributed by atoms with Gasteiger partial charge < -0.3 is 28.9 Å². The van der Waals surface area contributed by atoms with E-state index in [1.807, 2.05) is 72.8 Å². The third-order valence-electron chi connectivity index (χ3n) is 9.58. The topological polar surface area (TPSA) is 169 Å². The van der Waals surface area contributed by atoms with Gasteiger partial charge in [0.2, 0.25) is 0 Å². The zero-order chi connectivity index (χ0) is 44.4. The molecule has 324 valence electrons. The van der Waals surface area contributed by atoms with Crippen molar-refractivity contribution in [3.63, 3.8) is 0 Å². The molecule has 4 heterocycles. The van der Waals surface area contributed by atoms with Crippen molar-refractivity contribution in [2.75, 3.05) is 46.2 Å². The number of rotatable bonds is 19. The lowest BCUT2D eigenvalue weighted by Gasteiger charge is -2.07. The van der Waals surface area contributed by atoms with E-state index in [0.29, 0.717) is 51.2 Å². The first kappa shape index (κ1) is 44.3. The van der Waals surface area contributed by atoms with E-state index in [2.05, 4.69) is 36.9 Å². The summed E-state index contributed by atoms with van der Waals surface area (Å²) in [4.78, 5) is 27.3. The second-order valence-electron chi connectivity index (χ2n) is 14.0. The maximum atomic E-state index is 13.4. The Hall–Kier alpha value is -7.71. The Morgan fingerprint density at radius 2 is 0.906 bits per heavy atom. The molecule has 0 fully saturated rings. The summed E-state index contributed by atoms with van der Waals surface area (Å²) < 4.78 is 49.0. The van der Waals surface area contributed by atoms with E-state index in [1.54, 1.807) is 49.1 Å². The molecule has 0 aliphatic rings. The van der Waals surface area contributed by atoms with Gasteiger partial charge in [0.25, 0.3) is 0 Å². The van der Waals surface area contributed by atoms with Gasteiger partial charge in [0.05, 0.1) is 42.6 Å². The molecule has 0 aliphatic heterocycles. The monoisotopic (exact) mass is 861 g/mol. The number of azide groups is 1. The first-order valence-electron chi connectivity index (χ1n) is 20.6. The van der Waals surface area contributed by atoms with Crippen molar-refractivity contribution in [1.82, 2.24) is 29.9 Å². The zero-order valence-electron chi connectivity index (χ0n) is 35.0. The van der Waals surface area contributed by atoms with Crippen molar-refractivity contribution in [2.24, 2.45) is 5.11 Å². The van der Waals surface area contributed by atoms with Crippen molar-refractivity contribution in [3.05, 3.63) is 168 Å². The fraction of sp³-hybridized carbons (Fsp3) is 0.184. The lowest BCUT2D eigenvalue weighted by atomic mass is 10.1. The highest BCUT2D eigenvalue weighted by Crippen LogP contribution is 2.35. The van der Waals surface area contributed by atoms with E-state index < -0.39 is 0 Å². The van der Waals surface area contributed by atoms with Gasteiger partial charge in [0.1, 0.15) is 48.0 Å². The Kier molecular flexibility index (Phi) is 15.9. The van der Waals surface area contributed by atoms with Gasteiger partial charge in [-0.25, -0.2) is 18.7 Å². The Morgan fingerprint density at radius 1 is 0.500 bits per heavy atom. The summed E-state index contributed by atoms with van der Waals surface area (Å²) in [6.07, 6.45) is 7.91. The first-order chi connectivity index (χ1) is 31.5. The molecule has 0 bridgehead atoms. The minimum atomic E-state index is -0.295. The Balaban J connectivity index is 0.000000192. The van der Waals surface area contributed by atoms with E-state index >= 15 is 0 Å². The number of nitrogens with one attached hydrogen (secondary N) is 2.